The van der Waals surface area contributed by atoms with Crippen LogP contribution >= 0.6 is 0 Å². The van der Waals surface area contributed by atoms with Crippen molar-refractivity contribution in [2.45, 2.75) is 70.4 Å². The summed E-state index contributed by atoms with van der Waals surface area (Å²) in [7, 11) is 2.01. The van der Waals surface area contributed by atoms with Crippen LogP contribution in [0.4, 0.5) is 0 Å². The van der Waals surface area contributed by atoms with Crippen molar-refractivity contribution in [1.29, 1.82) is 0 Å². The van der Waals surface area contributed by atoms with E-state index in [2.05, 4.69) is 6.92 Å². The van der Waals surface area contributed by atoms with E-state index in [1.807, 2.05) is 11.9 Å². The number of amides is 1. The zero-order chi connectivity index (χ0) is 13.1. The zero-order valence-corrected chi connectivity index (χ0v) is 11.9. The second kappa shape index (κ2) is 6.05. The van der Waals surface area contributed by atoms with Crippen LogP contribution in [0.1, 0.15) is 58.3 Å². The summed E-state index contributed by atoms with van der Waals surface area (Å²) in [6.07, 6.45) is 9.20. The Balaban J connectivity index is 1.94. The molecule has 4 unspecified atom stereocenters. The molecule has 2 saturated carbocycles. The van der Waals surface area contributed by atoms with E-state index in [-0.39, 0.29) is 12.0 Å². The van der Waals surface area contributed by atoms with Crippen LogP contribution in [0.25, 0.3) is 0 Å². The molecule has 2 aliphatic carbocycles. The third-order valence-corrected chi connectivity index (χ3v) is 4.98. The minimum absolute atomic E-state index is 0.188. The van der Waals surface area contributed by atoms with Crippen LogP contribution < -0.4 is 5.73 Å². The monoisotopic (exact) mass is 252 g/mol. The molecular formula is C15H28N2O. The topological polar surface area (TPSA) is 46.3 Å². The predicted molar refractivity (Wildman–Crippen MR) is 74.1 cm³/mol. The van der Waals surface area contributed by atoms with Gasteiger partial charge in [-0.2, -0.15) is 0 Å². The molecule has 0 bridgehead atoms. The van der Waals surface area contributed by atoms with E-state index in [9.17, 15) is 4.79 Å². The Morgan fingerprint density at radius 1 is 1.11 bits per heavy atom. The van der Waals surface area contributed by atoms with Crippen molar-refractivity contribution in [3.05, 3.63) is 0 Å². The van der Waals surface area contributed by atoms with Crippen molar-refractivity contribution >= 4 is 5.91 Å². The molecule has 0 spiro atoms. The predicted octanol–water partition coefficient (Wildman–Crippen LogP) is 2.54. The normalized spacial score (nSPS) is 37.3. The first-order valence-corrected chi connectivity index (χ1v) is 7.62. The number of hydrogen-bond acceptors (Lipinski definition) is 2. The Morgan fingerprint density at radius 2 is 1.83 bits per heavy atom. The highest BCUT2D eigenvalue weighted by molar-refractivity contribution is 5.79. The van der Waals surface area contributed by atoms with Gasteiger partial charge in [0.2, 0.25) is 5.91 Å². The fourth-order valence-corrected chi connectivity index (χ4v) is 3.78. The van der Waals surface area contributed by atoms with Crippen LogP contribution in [0.3, 0.4) is 0 Å². The maximum Gasteiger partial charge on any atom is 0.225 e. The van der Waals surface area contributed by atoms with E-state index in [4.69, 9.17) is 5.73 Å². The van der Waals surface area contributed by atoms with Crippen molar-refractivity contribution < 1.29 is 4.79 Å². The summed E-state index contributed by atoms with van der Waals surface area (Å²) in [6, 6.07) is 0.703. The van der Waals surface area contributed by atoms with E-state index in [1.54, 1.807) is 0 Å². The Hall–Kier alpha value is -0.570. The molecule has 0 heterocycles. The van der Waals surface area contributed by atoms with Gasteiger partial charge in [-0.15, -0.1) is 0 Å². The highest BCUT2D eigenvalue weighted by Crippen LogP contribution is 2.31. The summed E-state index contributed by atoms with van der Waals surface area (Å²) in [4.78, 5) is 14.6. The minimum atomic E-state index is 0.188. The summed E-state index contributed by atoms with van der Waals surface area (Å²) in [6.45, 7) is 2.29. The fraction of sp³-hybridized carbons (Fsp3) is 0.933. The van der Waals surface area contributed by atoms with Gasteiger partial charge >= 0.3 is 0 Å². The largest absolute Gasteiger partial charge is 0.342 e. The van der Waals surface area contributed by atoms with Crippen LogP contribution in [-0.2, 0) is 4.79 Å². The number of nitrogens with two attached hydrogens (primary N) is 1. The SMILES string of the molecule is CC1CCCCC1N(C)C(=O)C1CCCC(N)C1. The van der Waals surface area contributed by atoms with Gasteiger partial charge in [-0.1, -0.05) is 26.2 Å². The standard InChI is InChI=1S/C15H28N2O/c1-11-6-3-4-9-14(11)17(2)15(18)12-7-5-8-13(16)10-12/h11-14H,3-10,16H2,1-2H3. The third kappa shape index (κ3) is 3.05. The van der Waals surface area contributed by atoms with Crippen LogP contribution in [0, 0.1) is 11.8 Å². The van der Waals surface area contributed by atoms with Gasteiger partial charge in [0.05, 0.1) is 0 Å². The van der Waals surface area contributed by atoms with Crippen molar-refractivity contribution in [2.75, 3.05) is 7.05 Å². The highest BCUT2D eigenvalue weighted by atomic mass is 16.2. The van der Waals surface area contributed by atoms with Gasteiger partial charge in [-0.05, 0) is 38.0 Å². The summed E-state index contributed by atoms with van der Waals surface area (Å²) in [5, 5.41) is 0. The molecule has 0 radical (unpaired) electrons. The maximum absolute atomic E-state index is 12.6. The Kier molecular flexibility index (Phi) is 4.66. The van der Waals surface area contributed by atoms with Crippen molar-refractivity contribution in [1.82, 2.24) is 4.90 Å². The summed E-state index contributed by atoms with van der Waals surface area (Å²) >= 11 is 0. The van der Waals surface area contributed by atoms with Gasteiger partial charge in [0.15, 0.2) is 0 Å². The Bertz CT molecular complexity index is 292. The molecule has 2 aliphatic rings. The second-order valence-electron chi connectivity index (χ2n) is 6.40. The molecule has 4 atom stereocenters. The molecular weight excluding hydrogens is 224 g/mol. The summed E-state index contributed by atoms with van der Waals surface area (Å²) in [5.41, 5.74) is 6.00. The van der Waals surface area contributed by atoms with E-state index >= 15 is 0 Å². The molecule has 1 amide bonds. The highest BCUT2D eigenvalue weighted by Gasteiger charge is 2.33. The van der Waals surface area contributed by atoms with Crippen LogP contribution in [0.5, 0.6) is 0 Å². The quantitative estimate of drug-likeness (QED) is 0.821. The van der Waals surface area contributed by atoms with Crippen LogP contribution in [0.2, 0.25) is 0 Å². The number of nitrogens with zero attached hydrogens (tertiary/aromatic N) is 1. The fourth-order valence-electron chi connectivity index (χ4n) is 3.78. The molecule has 0 aromatic heterocycles. The van der Waals surface area contributed by atoms with Gasteiger partial charge in [0, 0.05) is 25.0 Å². The number of rotatable bonds is 2. The third-order valence-electron chi connectivity index (χ3n) is 4.98. The number of carbonyl (C=O) groups excluding carboxylic acids is 1. The molecule has 0 saturated heterocycles. The van der Waals surface area contributed by atoms with Gasteiger partial charge in [0.25, 0.3) is 0 Å². The average Bonchev–Trinajstić information content (AvgIpc) is 2.37. The molecule has 0 aromatic carbocycles. The second-order valence-corrected chi connectivity index (χ2v) is 6.40. The Morgan fingerprint density at radius 3 is 2.50 bits per heavy atom. The maximum atomic E-state index is 12.6. The molecule has 0 aromatic rings. The molecule has 104 valence electrons. The molecule has 3 nitrogen and oxygen atoms in total. The first-order valence-electron chi connectivity index (χ1n) is 7.62. The van der Waals surface area contributed by atoms with E-state index in [0.29, 0.717) is 17.9 Å². The first kappa shape index (κ1) is 13.9. The van der Waals surface area contributed by atoms with E-state index in [0.717, 1.165) is 25.7 Å². The van der Waals surface area contributed by atoms with Gasteiger partial charge < -0.3 is 10.6 Å². The van der Waals surface area contributed by atoms with Crippen molar-refractivity contribution in [3.63, 3.8) is 0 Å². The lowest BCUT2D eigenvalue weighted by Crippen LogP contribution is -2.46. The smallest absolute Gasteiger partial charge is 0.225 e. The number of hydrogen-bond donors (Lipinski definition) is 1. The van der Waals surface area contributed by atoms with Gasteiger partial charge in [-0.25, -0.2) is 0 Å². The Labute approximate surface area is 111 Å². The molecule has 0 aliphatic heterocycles. The minimum Gasteiger partial charge on any atom is -0.342 e. The van der Waals surface area contributed by atoms with Gasteiger partial charge in [-0.3, -0.25) is 4.79 Å². The van der Waals surface area contributed by atoms with E-state index < -0.39 is 0 Å². The molecule has 2 fully saturated rings. The van der Waals surface area contributed by atoms with Crippen LogP contribution in [0.15, 0.2) is 0 Å². The zero-order valence-electron chi connectivity index (χ0n) is 11.9. The van der Waals surface area contributed by atoms with Crippen molar-refractivity contribution in [3.8, 4) is 0 Å². The molecule has 2 rings (SSSR count). The first-order chi connectivity index (χ1) is 8.59. The molecule has 18 heavy (non-hydrogen) atoms. The lowest BCUT2D eigenvalue weighted by atomic mass is 9.82. The van der Waals surface area contributed by atoms with E-state index in [1.165, 1.54) is 25.7 Å². The summed E-state index contributed by atoms with van der Waals surface area (Å²) < 4.78 is 0. The average molecular weight is 252 g/mol. The lowest BCUT2D eigenvalue weighted by molar-refractivity contribution is -0.139. The molecule has 2 N–H and O–H groups in total. The summed E-state index contributed by atoms with van der Waals surface area (Å²) in [5.74, 6) is 1.20. The van der Waals surface area contributed by atoms with Crippen molar-refractivity contribution in [2.24, 2.45) is 17.6 Å². The van der Waals surface area contributed by atoms with Crippen LogP contribution in [-0.4, -0.2) is 29.9 Å². The number of carbonyl (C=O) groups is 1. The van der Waals surface area contributed by atoms with Gasteiger partial charge in [0.1, 0.15) is 0 Å². The molecule has 3 heteroatoms. The lowest BCUT2D eigenvalue weighted by Gasteiger charge is -2.39.